The molecule has 5 rings (SSSR count). The van der Waals surface area contributed by atoms with E-state index in [0.29, 0.717) is 36.8 Å². The number of phenolic OH excluding ortho intramolecular Hbond substituents is 1. The largest absolute Gasteiger partial charge is 0.508 e. The van der Waals surface area contributed by atoms with Crippen molar-refractivity contribution < 1.29 is 28.9 Å². The van der Waals surface area contributed by atoms with E-state index in [1.807, 2.05) is 35.2 Å². The van der Waals surface area contributed by atoms with Crippen molar-refractivity contribution in [2.45, 2.75) is 109 Å². The highest BCUT2D eigenvalue weighted by molar-refractivity contribution is 5.79. The number of halogens is 1. The zero-order valence-electron chi connectivity index (χ0n) is 27.8. The number of phenols is 1. The number of methoxy groups -OCH3 is 2. The lowest BCUT2D eigenvalue weighted by Gasteiger charge is -2.54. The van der Waals surface area contributed by atoms with Gasteiger partial charge in [-0.1, -0.05) is 51.7 Å². The van der Waals surface area contributed by atoms with Crippen LogP contribution in [0.5, 0.6) is 17.2 Å². The van der Waals surface area contributed by atoms with Crippen molar-refractivity contribution in [3.8, 4) is 17.2 Å². The molecule has 0 saturated heterocycles. The van der Waals surface area contributed by atoms with Crippen molar-refractivity contribution in [2.24, 2.45) is 23.2 Å². The van der Waals surface area contributed by atoms with E-state index < -0.39 is 12.3 Å². The first kappa shape index (κ1) is 33.6. The number of aliphatic hydroxyl groups excluding tert-OH is 1. The van der Waals surface area contributed by atoms with Gasteiger partial charge < -0.3 is 24.6 Å². The van der Waals surface area contributed by atoms with Crippen molar-refractivity contribution in [1.29, 1.82) is 0 Å². The van der Waals surface area contributed by atoms with Crippen LogP contribution >= 0.6 is 0 Å². The summed E-state index contributed by atoms with van der Waals surface area (Å²) in [6.07, 6.45) is 9.07. The fourth-order valence-electron chi connectivity index (χ4n) is 9.11. The van der Waals surface area contributed by atoms with Crippen molar-refractivity contribution in [1.82, 2.24) is 4.90 Å². The molecule has 2 fully saturated rings. The second kappa shape index (κ2) is 14.7. The first-order valence-electron chi connectivity index (χ1n) is 17.3. The van der Waals surface area contributed by atoms with E-state index in [1.165, 1.54) is 6.42 Å². The molecule has 7 heteroatoms. The van der Waals surface area contributed by atoms with Gasteiger partial charge in [0.1, 0.15) is 11.9 Å². The van der Waals surface area contributed by atoms with E-state index in [-0.39, 0.29) is 34.8 Å². The molecule has 3 aliphatic rings. The van der Waals surface area contributed by atoms with E-state index in [4.69, 9.17) is 9.47 Å². The zero-order chi connectivity index (χ0) is 32.1. The van der Waals surface area contributed by atoms with Gasteiger partial charge in [0.15, 0.2) is 11.5 Å². The zero-order valence-corrected chi connectivity index (χ0v) is 27.8. The Kier molecular flexibility index (Phi) is 11.0. The maximum Gasteiger partial charge on any atom is 0.226 e. The molecular formula is C38H54FNO5. The average molecular weight is 624 g/mol. The maximum absolute atomic E-state index is 16.1. The minimum atomic E-state index is -0.997. The summed E-state index contributed by atoms with van der Waals surface area (Å²) in [6, 6.07) is 11.2. The summed E-state index contributed by atoms with van der Waals surface area (Å²) >= 11 is 0. The topological polar surface area (TPSA) is 79.2 Å². The van der Waals surface area contributed by atoms with Gasteiger partial charge in [-0.05, 0) is 109 Å². The van der Waals surface area contributed by atoms with Crippen LogP contribution in [0.4, 0.5) is 4.39 Å². The van der Waals surface area contributed by atoms with Crippen LogP contribution in [0.1, 0.15) is 101 Å². The summed E-state index contributed by atoms with van der Waals surface area (Å²) in [5, 5.41) is 21.2. The lowest BCUT2D eigenvalue weighted by molar-refractivity contribution is -0.130. The number of unbranched alkanes of at least 4 members (excludes halogenated alkanes) is 4. The average Bonchev–Trinajstić information content (AvgIpc) is 3.32. The van der Waals surface area contributed by atoms with Crippen molar-refractivity contribution >= 4 is 5.91 Å². The Balaban J connectivity index is 1.27. The molecule has 0 radical (unpaired) electrons. The molecule has 3 aliphatic carbocycles. The molecule has 2 saturated carbocycles. The minimum absolute atomic E-state index is 0.129. The molecule has 2 aromatic carbocycles. The summed E-state index contributed by atoms with van der Waals surface area (Å²) in [7, 11) is 3.21. The quantitative estimate of drug-likeness (QED) is 0.212. The molecule has 0 aliphatic heterocycles. The number of alkyl halides is 1. The van der Waals surface area contributed by atoms with E-state index >= 15 is 4.39 Å². The molecule has 0 bridgehead atoms. The number of amides is 1. The fraction of sp³-hybridized carbons (Fsp3) is 0.658. The SMILES string of the molecule is CCCCCCN(CCCC[C@@H]1Cc2cc(O)ccc2[C@@H]2[C@@H]1[C@@H]1CC[C@H](O)[C@@]1(C)C[C@@H]2F)C(=O)Cc1ccc(OC)c(OC)c1. The number of nitrogens with zero attached hydrogens (tertiary/aromatic N) is 1. The molecule has 1 amide bonds. The Morgan fingerprint density at radius 3 is 2.49 bits per heavy atom. The third kappa shape index (κ3) is 7.13. The van der Waals surface area contributed by atoms with Crippen molar-refractivity contribution in [3.63, 3.8) is 0 Å². The number of ether oxygens (including phenoxy) is 2. The highest BCUT2D eigenvalue weighted by Gasteiger charge is 2.59. The van der Waals surface area contributed by atoms with E-state index in [9.17, 15) is 15.0 Å². The molecule has 0 heterocycles. The molecular weight excluding hydrogens is 569 g/mol. The first-order valence-corrected chi connectivity index (χ1v) is 17.3. The fourth-order valence-corrected chi connectivity index (χ4v) is 9.11. The maximum atomic E-state index is 16.1. The molecule has 45 heavy (non-hydrogen) atoms. The van der Waals surface area contributed by atoms with Gasteiger partial charge in [-0.3, -0.25) is 4.79 Å². The summed E-state index contributed by atoms with van der Waals surface area (Å²) < 4.78 is 26.9. The summed E-state index contributed by atoms with van der Waals surface area (Å²) in [5.41, 5.74) is 2.67. The summed E-state index contributed by atoms with van der Waals surface area (Å²) in [4.78, 5) is 15.6. The van der Waals surface area contributed by atoms with Crippen LogP contribution < -0.4 is 9.47 Å². The standard InChI is InChI=1S/C38H54FNO5/c1-5-6-7-9-18-40(35(43)21-25-12-16-32(44-3)33(20-25)45-4)19-10-8-11-26-22-27-23-28(41)13-14-29(27)37-31(39)24-38(2)30(36(26)37)15-17-34(38)42/h12-14,16,20,23,26,30-31,34,36-37,41-42H,5-11,15,17-19,21-22,24H2,1-4H3/t26-,30+,31+,34+,36+,37+,38+/m1/s1. The number of fused-ring (bicyclic) bond motifs is 5. The van der Waals surface area contributed by atoms with Gasteiger partial charge in [0.05, 0.1) is 26.7 Å². The van der Waals surface area contributed by atoms with Gasteiger partial charge in [-0.25, -0.2) is 4.39 Å². The van der Waals surface area contributed by atoms with Crippen LogP contribution in [-0.4, -0.2) is 60.6 Å². The molecule has 6 nitrogen and oxygen atoms in total. The number of hydrogen-bond donors (Lipinski definition) is 2. The number of carbonyl (C=O) groups excluding carboxylic acids is 1. The summed E-state index contributed by atoms with van der Waals surface area (Å²) in [5.74, 6) is 2.24. The van der Waals surface area contributed by atoms with Gasteiger partial charge >= 0.3 is 0 Å². The van der Waals surface area contributed by atoms with Gasteiger partial charge in [0.25, 0.3) is 0 Å². The predicted octanol–water partition coefficient (Wildman–Crippen LogP) is 7.62. The van der Waals surface area contributed by atoms with Crippen LogP contribution in [0.2, 0.25) is 0 Å². The number of aromatic hydroxyl groups is 1. The van der Waals surface area contributed by atoms with Crippen LogP contribution in [0, 0.1) is 23.2 Å². The first-order chi connectivity index (χ1) is 21.7. The molecule has 0 unspecified atom stereocenters. The number of carbonyl (C=O) groups is 1. The van der Waals surface area contributed by atoms with Gasteiger partial charge in [-0.2, -0.15) is 0 Å². The predicted molar refractivity (Wildman–Crippen MR) is 176 cm³/mol. The third-order valence-electron chi connectivity index (χ3n) is 11.5. The van der Waals surface area contributed by atoms with E-state index in [2.05, 4.69) is 13.8 Å². The molecule has 2 N–H and O–H groups in total. The Morgan fingerprint density at radius 1 is 1.00 bits per heavy atom. The second-order valence-electron chi connectivity index (χ2n) is 14.2. The van der Waals surface area contributed by atoms with Crippen LogP contribution in [-0.2, 0) is 17.6 Å². The number of aliphatic hydroxyl groups is 1. The normalized spacial score (nSPS) is 28.6. The van der Waals surface area contributed by atoms with Crippen molar-refractivity contribution in [3.05, 3.63) is 53.1 Å². The molecule has 2 aromatic rings. The summed E-state index contributed by atoms with van der Waals surface area (Å²) in [6.45, 7) is 5.78. The number of hydrogen-bond acceptors (Lipinski definition) is 5. The second-order valence-corrected chi connectivity index (χ2v) is 14.2. The molecule has 7 atom stereocenters. The Hall–Kier alpha value is -2.80. The lowest BCUT2D eigenvalue weighted by Crippen LogP contribution is -2.51. The van der Waals surface area contributed by atoms with Crippen LogP contribution in [0.25, 0.3) is 0 Å². The number of rotatable bonds is 14. The Bertz CT molecular complexity index is 1300. The van der Waals surface area contributed by atoms with Gasteiger partial charge in [-0.15, -0.1) is 0 Å². The van der Waals surface area contributed by atoms with Crippen molar-refractivity contribution in [2.75, 3.05) is 27.3 Å². The Labute approximate surface area is 269 Å². The lowest BCUT2D eigenvalue weighted by atomic mass is 9.51. The number of benzene rings is 2. The van der Waals surface area contributed by atoms with Crippen LogP contribution in [0.3, 0.4) is 0 Å². The smallest absolute Gasteiger partial charge is 0.226 e. The van der Waals surface area contributed by atoms with E-state index in [1.54, 1.807) is 20.3 Å². The van der Waals surface area contributed by atoms with Gasteiger partial charge in [0, 0.05) is 19.0 Å². The minimum Gasteiger partial charge on any atom is -0.508 e. The Morgan fingerprint density at radius 2 is 1.76 bits per heavy atom. The highest BCUT2D eigenvalue weighted by atomic mass is 19.1. The monoisotopic (exact) mass is 623 g/mol. The third-order valence-corrected chi connectivity index (χ3v) is 11.5. The molecule has 248 valence electrons. The highest BCUT2D eigenvalue weighted by Crippen LogP contribution is 2.63. The van der Waals surface area contributed by atoms with Crippen LogP contribution in [0.15, 0.2) is 36.4 Å². The van der Waals surface area contributed by atoms with E-state index in [0.717, 1.165) is 81.0 Å². The molecule has 0 aromatic heterocycles. The molecule has 0 spiro atoms. The van der Waals surface area contributed by atoms with Gasteiger partial charge in [0.2, 0.25) is 5.91 Å².